The lowest BCUT2D eigenvalue weighted by Gasteiger charge is -2.36. The second-order valence-electron chi connectivity index (χ2n) is 11.3. The number of amides is 1. The van der Waals surface area contributed by atoms with Gasteiger partial charge in [0.15, 0.2) is 5.82 Å². The van der Waals surface area contributed by atoms with Crippen molar-refractivity contribution in [1.82, 2.24) is 30.0 Å². The fourth-order valence-corrected chi connectivity index (χ4v) is 6.05. The molecule has 0 atom stereocenters. The molecule has 0 radical (unpaired) electrons. The molecule has 1 spiro atoms. The first-order chi connectivity index (χ1) is 17.9. The van der Waals surface area contributed by atoms with Crippen LogP contribution in [0.5, 0.6) is 0 Å². The van der Waals surface area contributed by atoms with Gasteiger partial charge in [0.2, 0.25) is 5.95 Å². The Hall–Kier alpha value is -3.24. The molecule has 1 aliphatic heterocycles. The van der Waals surface area contributed by atoms with Gasteiger partial charge in [-0.15, -0.1) is 0 Å². The number of hydrogen-bond acceptors (Lipinski definition) is 8. The maximum atomic E-state index is 13.0. The summed E-state index contributed by atoms with van der Waals surface area (Å²) in [5, 5.41) is 21.3. The number of hydrogen-bond donors (Lipinski definition) is 4. The minimum Gasteiger partial charge on any atom is -0.392 e. The summed E-state index contributed by atoms with van der Waals surface area (Å²) in [6, 6.07) is 5.64. The predicted molar refractivity (Wildman–Crippen MR) is 142 cm³/mol. The van der Waals surface area contributed by atoms with Crippen LogP contribution in [0, 0.1) is 11.3 Å². The number of aliphatic hydroxyl groups excluding tert-OH is 1. The van der Waals surface area contributed by atoms with Crippen molar-refractivity contribution in [2.24, 2.45) is 11.3 Å². The van der Waals surface area contributed by atoms with Gasteiger partial charge in [-0.1, -0.05) is 6.07 Å². The summed E-state index contributed by atoms with van der Waals surface area (Å²) < 4.78 is 1.83. The highest BCUT2D eigenvalue weighted by molar-refractivity contribution is 5.94. The van der Waals surface area contributed by atoms with Crippen LogP contribution in [0.1, 0.15) is 60.0 Å². The third kappa shape index (κ3) is 5.00. The van der Waals surface area contributed by atoms with Crippen LogP contribution in [0.15, 0.2) is 24.4 Å². The van der Waals surface area contributed by atoms with E-state index in [4.69, 9.17) is 5.73 Å². The van der Waals surface area contributed by atoms with Gasteiger partial charge in [0.1, 0.15) is 11.0 Å². The zero-order valence-electron chi connectivity index (χ0n) is 21.4. The van der Waals surface area contributed by atoms with Gasteiger partial charge in [0, 0.05) is 18.2 Å². The predicted octanol–water partition coefficient (Wildman–Crippen LogP) is 2.38. The molecule has 3 aromatic rings. The van der Waals surface area contributed by atoms with Crippen molar-refractivity contribution in [3.63, 3.8) is 0 Å². The molecule has 2 aliphatic carbocycles. The first-order valence-corrected chi connectivity index (χ1v) is 13.4. The van der Waals surface area contributed by atoms with Crippen molar-refractivity contribution in [2.75, 3.05) is 37.7 Å². The van der Waals surface area contributed by atoms with Gasteiger partial charge in [0.25, 0.3) is 5.91 Å². The van der Waals surface area contributed by atoms with E-state index in [1.165, 1.54) is 25.7 Å². The Morgan fingerprint density at radius 2 is 1.97 bits per heavy atom. The van der Waals surface area contributed by atoms with Gasteiger partial charge in [0.05, 0.1) is 19.3 Å². The molecule has 37 heavy (non-hydrogen) atoms. The summed E-state index contributed by atoms with van der Waals surface area (Å²) >= 11 is 0. The van der Waals surface area contributed by atoms with E-state index in [-0.39, 0.29) is 24.5 Å². The number of carbonyl (C=O) groups excluding carboxylic acids is 1. The van der Waals surface area contributed by atoms with Gasteiger partial charge in [-0.25, -0.2) is 4.98 Å². The molecule has 0 unspecified atom stereocenters. The smallest absolute Gasteiger partial charge is 0.251 e. The summed E-state index contributed by atoms with van der Waals surface area (Å²) in [5.41, 5.74) is 10.3. The van der Waals surface area contributed by atoms with Crippen molar-refractivity contribution in [3.8, 4) is 0 Å². The van der Waals surface area contributed by atoms with E-state index in [1.54, 1.807) is 12.3 Å². The summed E-state index contributed by atoms with van der Waals surface area (Å²) in [5.74, 6) is 1.47. The van der Waals surface area contributed by atoms with Crippen LogP contribution in [0.3, 0.4) is 0 Å². The van der Waals surface area contributed by atoms with Crippen LogP contribution in [-0.2, 0) is 13.2 Å². The van der Waals surface area contributed by atoms with Gasteiger partial charge in [-0.3, -0.25) is 9.48 Å². The largest absolute Gasteiger partial charge is 0.392 e. The maximum absolute atomic E-state index is 13.0. The fraction of sp³-hybridized carbons (Fsp3) is 0.556. The Labute approximate surface area is 216 Å². The summed E-state index contributed by atoms with van der Waals surface area (Å²) in [6.45, 7) is 3.08. The molecule has 196 valence electrons. The lowest BCUT2D eigenvalue weighted by molar-refractivity contribution is 0.0916. The molecule has 1 amide bonds. The molecule has 10 nitrogen and oxygen atoms in total. The normalized spacial score (nSPS) is 19.7. The first-order valence-electron chi connectivity index (χ1n) is 13.4. The highest BCUT2D eigenvalue weighted by atomic mass is 16.3. The number of nitrogens with zero attached hydrogens (tertiary/aromatic N) is 5. The molecule has 3 heterocycles. The van der Waals surface area contributed by atoms with Crippen LogP contribution in [0.25, 0.3) is 11.0 Å². The monoisotopic (exact) mass is 504 g/mol. The fourth-order valence-electron chi connectivity index (χ4n) is 6.05. The Morgan fingerprint density at radius 3 is 2.70 bits per heavy atom. The Balaban J connectivity index is 1.22. The lowest BCUT2D eigenvalue weighted by Crippen LogP contribution is -2.43. The Morgan fingerprint density at radius 1 is 1.19 bits per heavy atom. The number of anilines is 2. The number of carbonyl (C=O) groups is 1. The second kappa shape index (κ2) is 9.57. The maximum Gasteiger partial charge on any atom is 0.251 e. The molecule has 1 saturated heterocycles. The molecule has 1 aromatic carbocycles. The number of nitrogens with one attached hydrogen (secondary N) is 2. The molecule has 5 N–H and O–H groups in total. The average molecular weight is 505 g/mol. The SMILES string of the molecule is CN1CCC(NC(=O)c2ccc(CO)c(Cn3ncc4nc(N)nc(NCC5CC6(CC6)C5)c43)c2)CC1. The van der Waals surface area contributed by atoms with E-state index in [0.29, 0.717) is 34.8 Å². The van der Waals surface area contributed by atoms with E-state index >= 15 is 0 Å². The summed E-state index contributed by atoms with van der Waals surface area (Å²) in [7, 11) is 2.10. The van der Waals surface area contributed by atoms with Gasteiger partial charge >= 0.3 is 0 Å². The van der Waals surface area contributed by atoms with E-state index < -0.39 is 0 Å². The lowest BCUT2D eigenvalue weighted by atomic mass is 9.72. The number of nitrogen functional groups attached to an aromatic ring is 1. The van der Waals surface area contributed by atoms with Crippen molar-refractivity contribution >= 4 is 28.7 Å². The number of aromatic nitrogens is 4. The number of aliphatic hydroxyl groups is 1. The molecule has 6 rings (SSSR count). The molecule has 3 fully saturated rings. The van der Waals surface area contributed by atoms with Crippen LogP contribution < -0.4 is 16.4 Å². The van der Waals surface area contributed by atoms with Gasteiger partial charge in [-0.2, -0.15) is 10.1 Å². The summed E-state index contributed by atoms with van der Waals surface area (Å²) in [6.07, 6.45) is 8.92. The molecule has 10 heteroatoms. The van der Waals surface area contributed by atoms with Crippen molar-refractivity contribution in [3.05, 3.63) is 41.1 Å². The van der Waals surface area contributed by atoms with E-state index in [9.17, 15) is 9.90 Å². The van der Waals surface area contributed by atoms with Crippen LogP contribution in [-0.4, -0.2) is 68.4 Å². The summed E-state index contributed by atoms with van der Waals surface area (Å²) in [4.78, 5) is 24.2. The molecule has 3 aliphatic rings. The quantitative estimate of drug-likeness (QED) is 0.367. The minimum absolute atomic E-state index is 0.0852. The Kier molecular flexibility index (Phi) is 6.24. The van der Waals surface area contributed by atoms with Crippen LogP contribution >= 0.6 is 0 Å². The van der Waals surface area contributed by atoms with Gasteiger partial charge in [-0.05, 0) is 93.3 Å². The third-order valence-electron chi connectivity index (χ3n) is 8.48. The van der Waals surface area contributed by atoms with Crippen molar-refractivity contribution in [1.29, 1.82) is 0 Å². The number of likely N-dealkylation sites (tertiary alicyclic amines) is 1. The highest BCUT2D eigenvalue weighted by Gasteiger charge is 2.52. The molecular formula is C27H36N8O2. The first kappa shape index (κ1) is 24.1. The third-order valence-corrected chi connectivity index (χ3v) is 8.48. The number of fused-ring (bicyclic) bond motifs is 1. The van der Waals surface area contributed by atoms with Crippen LogP contribution in [0.4, 0.5) is 11.8 Å². The minimum atomic E-state index is -0.122. The second-order valence-corrected chi connectivity index (χ2v) is 11.3. The standard InChI is InChI=1S/C27H36N8O2/c1-34-8-4-21(5-9-34)31-25(37)18-2-3-19(16-36)20(10-18)15-35-23-22(14-30-35)32-26(28)33-24(23)29-13-17-11-27(12-17)6-7-27/h2-3,10,14,17,21,36H,4-9,11-13,15-16H2,1H3,(H,31,37)(H3,28,29,32,33). The number of nitrogens with two attached hydrogens (primary N) is 1. The molecular weight excluding hydrogens is 468 g/mol. The number of benzene rings is 1. The van der Waals surface area contributed by atoms with Crippen LogP contribution in [0.2, 0.25) is 0 Å². The zero-order chi connectivity index (χ0) is 25.6. The zero-order valence-corrected chi connectivity index (χ0v) is 21.4. The van der Waals surface area contributed by atoms with E-state index in [0.717, 1.165) is 49.1 Å². The Bertz CT molecular complexity index is 1300. The molecule has 0 bridgehead atoms. The number of piperidine rings is 1. The topological polar surface area (TPSA) is 134 Å². The molecule has 2 saturated carbocycles. The number of rotatable bonds is 8. The van der Waals surface area contributed by atoms with Crippen molar-refractivity contribution in [2.45, 2.75) is 57.7 Å². The van der Waals surface area contributed by atoms with E-state index in [1.807, 2.05) is 16.8 Å². The molecule has 2 aromatic heterocycles. The highest BCUT2D eigenvalue weighted by Crippen LogP contribution is 2.63. The average Bonchev–Trinajstić information content (AvgIpc) is 3.58. The van der Waals surface area contributed by atoms with E-state index in [2.05, 4.69) is 37.6 Å². The van der Waals surface area contributed by atoms with Crippen molar-refractivity contribution < 1.29 is 9.90 Å². The van der Waals surface area contributed by atoms with Gasteiger partial charge < -0.3 is 26.4 Å².